The Hall–Kier alpha value is -4.01. The fraction of sp³-hybridized carbons (Fsp3) is 0.595. The highest BCUT2D eigenvalue weighted by molar-refractivity contribution is 6.35. The van der Waals surface area contributed by atoms with E-state index < -0.39 is 17.5 Å². The number of hydrogen-bond acceptors (Lipinski definition) is 11. The molecule has 276 valence electrons. The fourth-order valence-corrected chi connectivity index (χ4v) is 9.98. The smallest absolute Gasteiger partial charge is 0.407 e. The van der Waals surface area contributed by atoms with Crippen LogP contribution in [0, 0.1) is 18.2 Å². The van der Waals surface area contributed by atoms with E-state index in [1.807, 2.05) is 17.9 Å². The molecular formula is C37H44ClFN8O5. The lowest BCUT2D eigenvalue weighted by molar-refractivity contribution is -0.0845. The molecule has 2 aliphatic carbocycles. The van der Waals surface area contributed by atoms with Crippen LogP contribution < -0.4 is 19.7 Å². The third-order valence-corrected chi connectivity index (χ3v) is 12.9. The second-order valence-corrected chi connectivity index (χ2v) is 15.8. The molecule has 2 N–H and O–H groups in total. The molecule has 0 bridgehead atoms. The summed E-state index contributed by atoms with van der Waals surface area (Å²) in [5.41, 5.74) is 1.07. The second kappa shape index (κ2) is 12.8. The molecule has 0 radical (unpaired) electrons. The lowest BCUT2D eigenvalue weighted by atomic mass is 9.73. The summed E-state index contributed by atoms with van der Waals surface area (Å²) in [6.45, 7) is 4.71. The van der Waals surface area contributed by atoms with Gasteiger partial charge in [-0.3, -0.25) is 10.00 Å². The van der Waals surface area contributed by atoms with E-state index in [2.05, 4.69) is 20.4 Å². The highest BCUT2D eigenvalue weighted by Gasteiger charge is 2.52. The number of carbonyl (C=O) groups is 1. The Morgan fingerprint density at radius 2 is 1.94 bits per heavy atom. The number of pyridine rings is 1. The highest BCUT2D eigenvalue weighted by Crippen LogP contribution is 2.51. The van der Waals surface area contributed by atoms with Crippen molar-refractivity contribution in [3.05, 3.63) is 28.7 Å². The summed E-state index contributed by atoms with van der Waals surface area (Å²) < 4.78 is 41.2. The Kier molecular flexibility index (Phi) is 8.34. The summed E-state index contributed by atoms with van der Waals surface area (Å²) in [6.07, 6.45) is 10.6. The van der Waals surface area contributed by atoms with Crippen LogP contribution in [-0.2, 0) is 9.47 Å². The van der Waals surface area contributed by atoms with Gasteiger partial charge in [-0.25, -0.2) is 14.2 Å². The molecule has 15 heteroatoms. The number of hydrogen-bond donors (Lipinski definition) is 2. The number of aromatic amines is 1. The molecule has 5 fully saturated rings. The number of likely N-dealkylation sites (tertiary alicyclic amines) is 1. The number of alkyl carbamates (subject to hydrolysis) is 1. The van der Waals surface area contributed by atoms with Crippen molar-refractivity contribution < 1.29 is 28.1 Å². The molecule has 3 aliphatic heterocycles. The number of rotatable bonds is 8. The topological polar surface area (TPSA) is 140 Å². The molecule has 13 nitrogen and oxygen atoms in total. The van der Waals surface area contributed by atoms with Crippen molar-refractivity contribution in [3.8, 4) is 23.1 Å². The first-order valence-electron chi connectivity index (χ1n) is 18.4. The van der Waals surface area contributed by atoms with Crippen molar-refractivity contribution in [1.29, 1.82) is 0 Å². The van der Waals surface area contributed by atoms with Gasteiger partial charge in [-0.1, -0.05) is 18.0 Å². The standard InChI is InChI=1S/C37H44ClFN8O5/c1-20-13-24-23(16-41-45-24)26(28(20)38)30-29(39)31-27(33(42-30)50-3)32(46-11-6-10-37(18-46)17-40-35(48)52-37)44-34(43-31)51-19-36-8-4-7-25(36)47(12-5-9-36)21-14-22(15-21)49-2/h13,16,21-22,25H,4-12,14-15,17-19H2,1-3H3,(H,40,48)(H,41,45)/t21?,22?,25-,36-,37+/m1/s1. The van der Waals surface area contributed by atoms with Gasteiger partial charge in [0.2, 0.25) is 5.88 Å². The van der Waals surface area contributed by atoms with Gasteiger partial charge in [0.1, 0.15) is 28.0 Å². The highest BCUT2D eigenvalue weighted by atomic mass is 35.5. The molecule has 5 aliphatic rings. The van der Waals surface area contributed by atoms with E-state index in [1.54, 1.807) is 13.3 Å². The van der Waals surface area contributed by atoms with Crippen molar-refractivity contribution in [1.82, 2.24) is 35.4 Å². The van der Waals surface area contributed by atoms with Crippen LogP contribution in [0.15, 0.2) is 12.3 Å². The van der Waals surface area contributed by atoms with Gasteiger partial charge in [0, 0.05) is 42.1 Å². The third-order valence-electron chi connectivity index (χ3n) is 12.4. The van der Waals surface area contributed by atoms with E-state index in [4.69, 9.17) is 45.5 Å². The molecule has 1 aromatic carbocycles. The van der Waals surface area contributed by atoms with Gasteiger partial charge in [-0.2, -0.15) is 15.1 Å². The lowest BCUT2D eigenvalue weighted by Crippen LogP contribution is -2.59. The molecule has 1 spiro atoms. The number of piperidine rings is 2. The van der Waals surface area contributed by atoms with Gasteiger partial charge in [0.05, 0.1) is 49.6 Å². The number of aromatic nitrogens is 5. The van der Waals surface area contributed by atoms with Gasteiger partial charge in [0.25, 0.3) is 0 Å². The van der Waals surface area contributed by atoms with Gasteiger partial charge in [-0.15, -0.1) is 0 Å². The average Bonchev–Trinajstić information content (AvgIpc) is 3.87. The first-order chi connectivity index (χ1) is 25.2. The summed E-state index contributed by atoms with van der Waals surface area (Å²) in [6, 6.07) is 2.90. The molecule has 3 aromatic heterocycles. The molecule has 1 amide bonds. The minimum Gasteiger partial charge on any atom is -0.480 e. The Morgan fingerprint density at radius 1 is 1.12 bits per heavy atom. The number of carbonyl (C=O) groups excluding carboxylic acids is 1. The molecular weight excluding hydrogens is 691 g/mol. The zero-order valence-electron chi connectivity index (χ0n) is 29.8. The number of benzene rings is 1. The molecule has 3 atom stereocenters. The number of H-pyrrole nitrogens is 1. The molecule has 52 heavy (non-hydrogen) atoms. The Labute approximate surface area is 305 Å². The first kappa shape index (κ1) is 33.8. The average molecular weight is 735 g/mol. The third kappa shape index (κ3) is 5.43. The largest absolute Gasteiger partial charge is 0.480 e. The fourth-order valence-electron chi connectivity index (χ4n) is 9.74. The van der Waals surface area contributed by atoms with Crippen molar-refractivity contribution >= 4 is 45.3 Å². The summed E-state index contributed by atoms with van der Waals surface area (Å²) in [5.74, 6) is -0.0968. The number of nitrogens with zero attached hydrogens (tertiary/aromatic N) is 6. The van der Waals surface area contributed by atoms with E-state index in [0.29, 0.717) is 83.5 Å². The number of fused-ring (bicyclic) bond motifs is 3. The van der Waals surface area contributed by atoms with Gasteiger partial charge < -0.3 is 29.2 Å². The lowest BCUT2D eigenvalue weighted by Gasteiger charge is -2.53. The Bertz CT molecular complexity index is 2060. The van der Waals surface area contributed by atoms with Gasteiger partial charge >= 0.3 is 12.1 Å². The number of aryl methyl sites for hydroxylation is 1. The van der Waals surface area contributed by atoms with Crippen molar-refractivity contribution in [2.24, 2.45) is 5.41 Å². The van der Waals surface area contributed by atoms with Crippen LogP contribution in [0.4, 0.5) is 15.0 Å². The zero-order valence-corrected chi connectivity index (χ0v) is 30.5. The molecule has 3 saturated heterocycles. The minimum absolute atomic E-state index is 0.00341. The summed E-state index contributed by atoms with van der Waals surface area (Å²) in [7, 11) is 3.29. The summed E-state index contributed by atoms with van der Waals surface area (Å²) >= 11 is 6.89. The van der Waals surface area contributed by atoms with Crippen LogP contribution in [-0.4, -0.2) is 107 Å². The Balaban J connectivity index is 1.15. The number of nitrogens with one attached hydrogen (secondary N) is 2. The normalized spacial score (nSPS) is 29.0. The van der Waals surface area contributed by atoms with E-state index in [0.717, 1.165) is 63.5 Å². The van der Waals surface area contributed by atoms with E-state index in [1.165, 1.54) is 7.11 Å². The maximum Gasteiger partial charge on any atom is 0.407 e. The van der Waals surface area contributed by atoms with Crippen LogP contribution >= 0.6 is 11.6 Å². The monoisotopic (exact) mass is 734 g/mol. The van der Waals surface area contributed by atoms with Gasteiger partial charge in [0.15, 0.2) is 5.82 Å². The summed E-state index contributed by atoms with van der Waals surface area (Å²) in [5, 5.41) is 11.3. The SMILES string of the molecule is COc1nc(-c2c(Cl)c(C)cc3[nH]ncc23)c(F)c2nc(OC[C@]34CCC[C@H]3N(C3CC(OC)C3)CCC4)nc(N3CCC[C@]4(CNC(=O)O4)C3)c12. The molecule has 2 saturated carbocycles. The van der Waals surface area contributed by atoms with E-state index >= 15 is 4.39 Å². The van der Waals surface area contributed by atoms with Crippen molar-refractivity contribution in [2.75, 3.05) is 51.9 Å². The van der Waals surface area contributed by atoms with E-state index in [-0.39, 0.29) is 28.5 Å². The number of ether oxygens (including phenoxy) is 4. The number of halogens is 2. The van der Waals surface area contributed by atoms with Crippen molar-refractivity contribution in [3.63, 3.8) is 0 Å². The maximum absolute atomic E-state index is 17.3. The Morgan fingerprint density at radius 3 is 2.73 bits per heavy atom. The minimum atomic E-state index is -0.736. The second-order valence-electron chi connectivity index (χ2n) is 15.4. The maximum atomic E-state index is 17.3. The first-order valence-corrected chi connectivity index (χ1v) is 18.8. The van der Waals surface area contributed by atoms with E-state index in [9.17, 15) is 4.79 Å². The molecule has 6 heterocycles. The van der Waals surface area contributed by atoms with Crippen LogP contribution in [0.1, 0.15) is 63.4 Å². The quantitative estimate of drug-likeness (QED) is 0.222. The zero-order chi connectivity index (χ0) is 35.8. The number of methoxy groups -OCH3 is 2. The van der Waals surface area contributed by atoms with Crippen molar-refractivity contribution in [2.45, 2.75) is 88.5 Å². The van der Waals surface area contributed by atoms with Crippen LogP contribution in [0.2, 0.25) is 5.02 Å². The molecule has 0 unspecified atom stereocenters. The summed E-state index contributed by atoms with van der Waals surface area (Å²) in [4.78, 5) is 31.5. The van der Waals surface area contributed by atoms with Gasteiger partial charge in [-0.05, 0) is 76.5 Å². The van der Waals surface area contributed by atoms with Crippen LogP contribution in [0.3, 0.4) is 0 Å². The predicted octanol–water partition coefficient (Wildman–Crippen LogP) is 5.95. The predicted molar refractivity (Wildman–Crippen MR) is 193 cm³/mol. The number of anilines is 1. The molecule has 4 aromatic rings. The van der Waals surface area contributed by atoms with Crippen LogP contribution in [0.5, 0.6) is 11.9 Å². The molecule has 9 rings (SSSR count). The number of amides is 1. The van der Waals surface area contributed by atoms with Crippen LogP contribution in [0.25, 0.3) is 33.1 Å².